The summed E-state index contributed by atoms with van der Waals surface area (Å²) in [7, 11) is 0. The number of imidazole rings is 1. The molecule has 0 saturated carbocycles. The SMILES string of the molecule is C(#Cc1ccccc1Nc1ncc[nH]1)c1ccccc1. The fourth-order valence-corrected chi connectivity index (χ4v) is 1.82. The fraction of sp³-hybridized carbons (Fsp3) is 0. The van der Waals surface area contributed by atoms with Crippen molar-refractivity contribution in [3.8, 4) is 11.8 Å². The molecular weight excluding hydrogens is 246 g/mol. The Morgan fingerprint density at radius 2 is 1.70 bits per heavy atom. The van der Waals surface area contributed by atoms with E-state index < -0.39 is 0 Å². The smallest absolute Gasteiger partial charge is 0.204 e. The van der Waals surface area contributed by atoms with Crippen molar-refractivity contribution in [2.45, 2.75) is 0 Å². The third-order valence-electron chi connectivity index (χ3n) is 2.79. The van der Waals surface area contributed by atoms with Gasteiger partial charge in [-0.2, -0.15) is 0 Å². The number of hydrogen-bond donors (Lipinski definition) is 2. The van der Waals surface area contributed by atoms with Crippen LogP contribution in [0.5, 0.6) is 0 Å². The monoisotopic (exact) mass is 259 g/mol. The summed E-state index contributed by atoms with van der Waals surface area (Å²) in [5.41, 5.74) is 2.87. The molecule has 0 aliphatic carbocycles. The third kappa shape index (κ3) is 2.88. The zero-order valence-electron chi connectivity index (χ0n) is 10.8. The lowest BCUT2D eigenvalue weighted by atomic mass is 10.1. The number of anilines is 2. The van der Waals surface area contributed by atoms with Crippen molar-refractivity contribution in [2.24, 2.45) is 0 Å². The second kappa shape index (κ2) is 5.77. The number of hydrogen-bond acceptors (Lipinski definition) is 2. The van der Waals surface area contributed by atoms with Gasteiger partial charge < -0.3 is 10.3 Å². The van der Waals surface area contributed by atoms with Crippen LogP contribution in [0.1, 0.15) is 11.1 Å². The molecule has 0 atom stereocenters. The van der Waals surface area contributed by atoms with Crippen molar-refractivity contribution in [3.63, 3.8) is 0 Å². The van der Waals surface area contributed by atoms with Gasteiger partial charge in [-0.05, 0) is 24.3 Å². The van der Waals surface area contributed by atoms with Gasteiger partial charge in [0.05, 0.1) is 5.69 Å². The molecule has 1 heterocycles. The van der Waals surface area contributed by atoms with Crippen LogP contribution in [0.15, 0.2) is 67.0 Å². The molecule has 3 aromatic rings. The summed E-state index contributed by atoms with van der Waals surface area (Å²) in [5, 5.41) is 3.22. The van der Waals surface area contributed by atoms with Crippen LogP contribution in [0.25, 0.3) is 0 Å². The van der Waals surface area contributed by atoms with Crippen LogP contribution in [0, 0.1) is 11.8 Å². The summed E-state index contributed by atoms with van der Waals surface area (Å²) >= 11 is 0. The van der Waals surface area contributed by atoms with E-state index in [0.29, 0.717) is 5.95 Å². The Morgan fingerprint density at radius 3 is 2.50 bits per heavy atom. The molecule has 96 valence electrons. The highest BCUT2D eigenvalue weighted by molar-refractivity contribution is 5.64. The molecule has 0 bridgehead atoms. The van der Waals surface area contributed by atoms with Crippen LogP contribution in [-0.2, 0) is 0 Å². The molecule has 2 aromatic carbocycles. The number of aromatic nitrogens is 2. The second-order valence-corrected chi connectivity index (χ2v) is 4.22. The van der Waals surface area contributed by atoms with Crippen LogP contribution < -0.4 is 5.32 Å². The number of benzene rings is 2. The van der Waals surface area contributed by atoms with E-state index in [2.05, 4.69) is 27.1 Å². The van der Waals surface area contributed by atoms with E-state index in [-0.39, 0.29) is 0 Å². The maximum Gasteiger partial charge on any atom is 0.204 e. The van der Waals surface area contributed by atoms with Gasteiger partial charge in [-0.15, -0.1) is 0 Å². The molecule has 3 nitrogen and oxygen atoms in total. The molecular formula is C17H13N3. The quantitative estimate of drug-likeness (QED) is 0.691. The van der Waals surface area contributed by atoms with Crippen molar-refractivity contribution >= 4 is 11.6 Å². The zero-order chi connectivity index (χ0) is 13.6. The standard InChI is InChI=1S/C17H13N3/c1-2-6-14(7-3-1)10-11-15-8-4-5-9-16(15)20-17-18-12-13-19-17/h1-9,12-13H,(H2,18,19,20). The van der Waals surface area contributed by atoms with Gasteiger partial charge >= 0.3 is 0 Å². The molecule has 20 heavy (non-hydrogen) atoms. The minimum Gasteiger partial charge on any atom is -0.331 e. The summed E-state index contributed by atoms with van der Waals surface area (Å²) in [6.45, 7) is 0. The number of para-hydroxylation sites is 1. The Labute approximate surface area is 117 Å². The fourth-order valence-electron chi connectivity index (χ4n) is 1.82. The largest absolute Gasteiger partial charge is 0.331 e. The van der Waals surface area contributed by atoms with Gasteiger partial charge in [0, 0.05) is 23.5 Å². The number of nitrogens with zero attached hydrogens (tertiary/aromatic N) is 1. The highest BCUT2D eigenvalue weighted by atomic mass is 15.1. The van der Waals surface area contributed by atoms with Crippen LogP contribution in [0.4, 0.5) is 11.6 Å². The lowest BCUT2D eigenvalue weighted by Crippen LogP contribution is -1.94. The zero-order valence-corrected chi connectivity index (χ0v) is 10.8. The third-order valence-corrected chi connectivity index (χ3v) is 2.79. The first kappa shape index (κ1) is 12.1. The van der Waals surface area contributed by atoms with Crippen LogP contribution >= 0.6 is 0 Å². The Morgan fingerprint density at radius 1 is 0.900 bits per heavy atom. The van der Waals surface area contributed by atoms with Gasteiger partial charge in [0.15, 0.2) is 0 Å². The maximum atomic E-state index is 4.16. The topological polar surface area (TPSA) is 40.7 Å². The van der Waals surface area contributed by atoms with Gasteiger partial charge in [0.25, 0.3) is 0 Å². The molecule has 3 heteroatoms. The van der Waals surface area contributed by atoms with E-state index in [9.17, 15) is 0 Å². The molecule has 0 radical (unpaired) electrons. The van der Waals surface area contributed by atoms with Crippen molar-refractivity contribution in [3.05, 3.63) is 78.1 Å². The molecule has 1 aromatic heterocycles. The summed E-state index contributed by atoms with van der Waals surface area (Å²) in [4.78, 5) is 7.17. The number of H-pyrrole nitrogens is 1. The summed E-state index contributed by atoms with van der Waals surface area (Å²) in [6.07, 6.45) is 3.49. The van der Waals surface area contributed by atoms with Crippen molar-refractivity contribution in [2.75, 3.05) is 5.32 Å². The Kier molecular flexibility index (Phi) is 3.48. The molecule has 0 aliphatic rings. The molecule has 0 fully saturated rings. The average molecular weight is 259 g/mol. The first-order valence-corrected chi connectivity index (χ1v) is 6.34. The number of rotatable bonds is 2. The second-order valence-electron chi connectivity index (χ2n) is 4.22. The van der Waals surface area contributed by atoms with E-state index in [1.165, 1.54) is 0 Å². The maximum absolute atomic E-state index is 4.16. The van der Waals surface area contributed by atoms with E-state index >= 15 is 0 Å². The molecule has 2 N–H and O–H groups in total. The minimum atomic E-state index is 0.707. The predicted octanol–water partition coefficient (Wildman–Crippen LogP) is 3.55. The summed E-state index contributed by atoms with van der Waals surface area (Å²) < 4.78 is 0. The Hall–Kier alpha value is -2.99. The summed E-state index contributed by atoms with van der Waals surface area (Å²) in [6, 6.07) is 17.9. The van der Waals surface area contributed by atoms with Crippen molar-refractivity contribution in [1.82, 2.24) is 9.97 Å². The van der Waals surface area contributed by atoms with E-state index in [1.54, 1.807) is 12.4 Å². The number of nitrogens with one attached hydrogen (secondary N) is 2. The Balaban J connectivity index is 1.89. The van der Waals surface area contributed by atoms with Crippen molar-refractivity contribution in [1.29, 1.82) is 0 Å². The minimum absolute atomic E-state index is 0.707. The molecule has 0 saturated heterocycles. The predicted molar refractivity (Wildman–Crippen MR) is 80.7 cm³/mol. The van der Waals surface area contributed by atoms with Gasteiger partial charge in [-0.25, -0.2) is 4.98 Å². The van der Waals surface area contributed by atoms with E-state index in [0.717, 1.165) is 16.8 Å². The lowest BCUT2D eigenvalue weighted by Gasteiger charge is -2.05. The summed E-state index contributed by atoms with van der Waals surface area (Å²) in [5.74, 6) is 7.06. The van der Waals surface area contributed by atoms with Gasteiger partial charge in [-0.3, -0.25) is 0 Å². The molecule has 3 rings (SSSR count). The molecule has 0 spiro atoms. The number of aromatic amines is 1. The average Bonchev–Trinajstić information content (AvgIpc) is 3.00. The van der Waals surface area contributed by atoms with Crippen LogP contribution in [0.3, 0.4) is 0 Å². The highest BCUT2D eigenvalue weighted by Crippen LogP contribution is 2.17. The van der Waals surface area contributed by atoms with Gasteiger partial charge in [0.1, 0.15) is 0 Å². The Bertz CT molecular complexity index is 735. The van der Waals surface area contributed by atoms with Crippen molar-refractivity contribution < 1.29 is 0 Å². The first-order chi connectivity index (χ1) is 9.92. The van der Waals surface area contributed by atoms with Gasteiger partial charge in [-0.1, -0.05) is 42.2 Å². The normalized spacial score (nSPS) is 9.60. The molecule has 0 unspecified atom stereocenters. The van der Waals surface area contributed by atoms with Crippen LogP contribution in [-0.4, -0.2) is 9.97 Å². The lowest BCUT2D eigenvalue weighted by molar-refractivity contribution is 1.28. The molecule has 0 aliphatic heterocycles. The van der Waals surface area contributed by atoms with E-state index in [1.807, 2.05) is 54.6 Å². The van der Waals surface area contributed by atoms with E-state index in [4.69, 9.17) is 0 Å². The van der Waals surface area contributed by atoms with Crippen LogP contribution in [0.2, 0.25) is 0 Å². The van der Waals surface area contributed by atoms with Gasteiger partial charge in [0.2, 0.25) is 5.95 Å². The molecule has 0 amide bonds. The highest BCUT2D eigenvalue weighted by Gasteiger charge is 2.00. The first-order valence-electron chi connectivity index (χ1n) is 6.34.